The third-order valence-corrected chi connectivity index (χ3v) is 0. The van der Waals surface area contributed by atoms with E-state index >= 15 is 0 Å². The Kier molecular flexibility index (Phi) is 0.854. The van der Waals surface area contributed by atoms with E-state index in [1.807, 2.05) is 0 Å². The van der Waals surface area contributed by atoms with Gasteiger partial charge in [-0.1, -0.05) is 0 Å². The summed E-state index contributed by atoms with van der Waals surface area (Å²) < 4.78 is 59.6. The molecule has 0 heterocycles. The maximum absolute atomic E-state index is 11.4. The van der Waals surface area contributed by atoms with Gasteiger partial charge in [0.05, 0.1) is 0 Å². The second kappa shape index (κ2) is 0.803. The van der Waals surface area contributed by atoms with Crippen molar-refractivity contribution in [2.45, 2.75) is 0 Å². The molecule has 0 aliphatic heterocycles. The van der Waals surface area contributed by atoms with Gasteiger partial charge in [0.1, 0.15) is 0 Å². The van der Waals surface area contributed by atoms with Gasteiger partial charge in [0, 0.05) is 0 Å². The maximum atomic E-state index is 9.94. The van der Waals surface area contributed by atoms with Crippen LogP contribution < -0.4 is 0 Å². The molecule has 0 aromatic rings. The molecule has 0 nitrogen and oxygen atoms in total. The van der Waals surface area contributed by atoms with Crippen LogP contribution in [0.5, 0.6) is 0 Å². The molecule has 0 unspecified atom stereocenters. The Bertz CT molecular complexity index is 62.7. The molecule has 0 aliphatic rings. The molecule has 0 saturated heterocycles. The fourth-order valence-electron chi connectivity index (χ4n) is 0. The van der Waals surface area contributed by atoms with Crippen molar-refractivity contribution in [3.63, 3.8) is 0 Å². The third-order valence-electron chi connectivity index (χ3n) is 0. The fraction of sp³-hybridized carbons (Fsp3) is 0. The minimum absolute atomic E-state index is 9.94. The van der Waals surface area contributed by atoms with Crippen LogP contribution in [0.1, 0.15) is 0 Å². The molecule has 0 N–H and O–H groups in total. The van der Waals surface area contributed by atoms with Crippen LogP contribution in [0.4, 0.5) is 16.0 Å². The Morgan fingerprint density at radius 2 is 0.571 bits per heavy atom. The molecule has 0 atom stereocenters. The van der Waals surface area contributed by atoms with Gasteiger partial charge in [-0.05, 0) is 0 Å². The number of halogens is 6. The zero-order valence-electron chi connectivity index (χ0n) is 2.77. The van der Waals surface area contributed by atoms with E-state index in [0.29, 0.717) is 0 Å². The summed E-state index contributed by atoms with van der Waals surface area (Å²) in [5.74, 6) is 0. The summed E-state index contributed by atoms with van der Waals surface area (Å²) in [5, 5.41) is 0. The van der Waals surface area contributed by atoms with Gasteiger partial charge in [0.15, 0.2) is 0 Å². The molecular weight excluding hydrogens is 292 g/mol. The number of hydrogen-bond donors (Lipinski definition) is 0. The first kappa shape index (κ1) is 7.45. The molecule has 0 fully saturated rings. The van der Waals surface area contributed by atoms with Crippen LogP contribution in [-0.4, -0.2) is 0 Å². The van der Waals surface area contributed by atoms with Crippen LogP contribution >= 0.6 is 0 Å². The first-order valence-corrected chi connectivity index (χ1v) is 9.28. The Morgan fingerprint density at radius 3 is 0.571 bits per heavy atom. The van der Waals surface area contributed by atoms with E-state index in [9.17, 15) is 16.0 Å². The van der Waals surface area contributed by atoms with Crippen LogP contribution in [0.25, 0.3) is 0 Å². The van der Waals surface area contributed by atoms with E-state index in [2.05, 4.69) is 0 Å². The Hall–Kier alpha value is 0.450. The van der Waals surface area contributed by atoms with Gasteiger partial charge in [-0.25, -0.2) is 0 Å². The zero-order valence-corrected chi connectivity index (χ0v) is 6.36. The Balaban J connectivity index is 4.43. The van der Waals surface area contributed by atoms with Gasteiger partial charge in [-0.15, -0.1) is 0 Å². The van der Waals surface area contributed by atoms with E-state index in [1.54, 1.807) is 0 Å². The van der Waals surface area contributed by atoms with Gasteiger partial charge in [0.25, 0.3) is 0 Å². The first-order chi connectivity index (χ1) is 2.45. The second-order valence-corrected chi connectivity index (χ2v) is 8.77. The van der Waals surface area contributed by atoms with Crippen molar-refractivity contribution in [2.24, 2.45) is 0 Å². The predicted molar refractivity (Wildman–Crippen MR) is 6.65 cm³/mol. The average Bonchev–Trinajstić information content (AvgIpc) is 0.592. The molecule has 0 rings (SSSR count). The van der Waals surface area contributed by atoms with Crippen LogP contribution in [0.3, 0.4) is 0 Å². The van der Waals surface area contributed by atoms with Crippen molar-refractivity contribution in [1.82, 2.24) is 0 Å². The standard InChI is InChI=1S/6FH.Hf/h6*1H;/q;;;;;;+6/p-6. The second-order valence-electron chi connectivity index (χ2n) is 1.07. The summed E-state index contributed by atoms with van der Waals surface area (Å²) >= 11 is -11.4. The average molecular weight is 292 g/mol. The van der Waals surface area contributed by atoms with Crippen molar-refractivity contribution in [1.29, 1.82) is 0 Å². The van der Waals surface area contributed by atoms with Gasteiger partial charge in [-0.3, -0.25) is 0 Å². The first-order valence-electron chi connectivity index (χ1n) is 1.13. The molecule has 0 spiro atoms. The SMILES string of the molecule is [F][Hf]([F])([F])([F])([F])[F]. The molecular formula is F6Hf. The molecule has 0 radical (unpaired) electrons. The van der Waals surface area contributed by atoms with Gasteiger partial charge in [-0.2, -0.15) is 0 Å². The summed E-state index contributed by atoms with van der Waals surface area (Å²) in [6.07, 6.45) is 0. The number of rotatable bonds is 0. The zero-order chi connectivity index (χ0) is 6.41. The molecule has 0 aliphatic carbocycles. The van der Waals surface area contributed by atoms with E-state index < -0.39 is 20.7 Å². The Morgan fingerprint density at radius 1 is 0.571 bits per heavy atom. The van der Waals surface area contributed by atoms with Crippen molar-refractivity contribution in [3.05, 3.63) is 0 Å². The van der Waals surface area contributed by atoms with Gasteiger partial charge < -0.3 is 0 Å². The molecule has 7 heteroatoms. The quantitative estimate of drug-likeness (QED) is 0.475. The summed E-state index contributed by atoms with van der Waals surface area (Å²) in [6, 6.07) is 0. The van der Waals surface area contributed by atoms with Crippen LogP contribution in [0, 0.1) is 0 Å². The van der Waals surface area contributed by atoms with Crippen LogP contribution in [0.2, 0.25) is 0 Å². The van der Waals surface area contributed by atoms with Crippen LogP contribution in [-0.2, 0) is 20.7 Å². The molecule has 0 bridgehead atoms. The van der Waals surface area contributed by atoms with Gasteiger partial charge in [0.2, 0.25) is 0 Å². The van der Waals surface area contributed by atoms with Crippen molar-refractivity contribution in [3.8, 4) is 0 Å². The summed E-state index contributed by atoms with van der Waals surface area (Å²) in [4.78, 5) is 0. The molecule has 7 heavy (non-hydrogen) atoms. The molecule has 0 saturated carbocycles. The summed E-state index contributed by atoms with van der Waals surface area (Å²) in [6.45, 7) is 0. The van der Waals surface area contributed by atoms with E-state index in [0.717, 1.165) is 0 Å². The molecule has 0 aromatic carbocycles. The minimum atomic E-state index is -11.4. The van der Waals surface area contributed by atoms with Gasteiger partial charge >= 0.3 is 36.6 Å². The number of hydrogen-bond acceptors (Lipinski definition) is 0. The fourth-order valence-corrected chi connectivity index (χ4v) is 0. The summed E-state index contributed by atoms with van der Waals surface area (Å²) in [7, 11) is 0. The summed E-state index contributed by atoms with van der Waals surface area (Å²) in [5.41, 5.74) is 0. The van der Waals surface area contributed by atoms with E-state index in [4.69, 9.17) is 0 Å². The monoisotopic (exact) mass is 294 g/mol. The van der Waals surface area contributed by atoms with Crippen molar-refractivity contribution >= 4 is 0 Å². The van der Waals surface area contributed by atoms with E-state index in [1.165, 1.54) is 0 Å². The molecule has 46 valence electrons. The van der Waals surface area contributed by atoms with Crippen molar-refractivity contribution in [2.75, 3.05) is 0 Å². The normalized spacial score (nSPS) is 23.1. The molecule has 0 amide bonds. The predicted octanol–water partition coefficient (Wildman–Crippen LogP) is 2.52. The van der Waals surface area contributed by atoms with E-state index in [-0.39, 0.29) is 0 Å². The van der Waals surface area contributed by atoms with Crippen molar-refractivity contribution < 1.29 is 36.6 Å². The molecule has 0 aromatic heterocycles. The van der Waals surface area contributed by atoms with Crippen LogP contribution in [0.15, 0.2) is 0 Å². The third kappa shape index (κ3) is 630. The topological polar surface area (TPSA) is 0 Å². The Labute approximate surface area is 37.2 Å².